The number of para-hydroxylation sites is 1. The zero-order valence-corrected chi connectivity index (χ0v) is 13.9. The number of carbonyl (C=O) groups excluding carboxylic acids is 2. The maximum Gasteiger partial charge on any atom is 0.279 e. The van der Waals surface area contributed by atoms with Crippen molar-refractivity contribution in [3.63, 3.8) is 0 Å². The predicted octanol–water partition coefficient (Wildman–Crippen LogP) is 2.21. The van der Waals surface area contributed by atoms with Crippen molar-refractivity contribution in [2.75, 3.05) is 0 Å². The molecule has 2 aromatic rings. The first-order valence-corrected chi connectivity index (χ1v) is 7.69. The van der Waals surface area contributed by atoms with E-state index in [1.165, 1.54) is 31.2 Å². The highest BCUT2D eigenvalue weighted by Gasteiger charge is 2.19. The van der Waals surface area contributed by atoms with Crippen molar-refractivity contribution in [1.29, 1.82) is 0 Å². The van der Waals surface area contributed by atoms with Crippen LogP contribution in [0.15, 0.2) is 54.6 Å². The number of nitrogens with one attached hydrogen (secondary N) is 2. The van der Waals surface area contributed by atoms with Crippen LogP contribution in [0, 0.1) is 5.82 Å². The molecule has 2 amide bonds. The minimum atomic E-state index is -0.879. The maximum absolute atomic E-state index is 12.8. The molecule has 7 heteroatoms. The lowest BCUT2D eigenvalue weighted by Gasteiger charge is -2.17. The second kappa shape index (κ2) is 8.68. The highest BCUT2D eigenvalue weighted by atomic mass is 19.1. The molecule has 0 aliphatic heterocycles. The lowest BCUT2D eigenvalue weighted by Crippen LogP contribution is -2.50. The van der Waals surface area contributed by atoms with Gasteiger partial charge in [-0.3, -0.25) is 20.4 Å². The zero-order valence-electron chi connectivity index (χ0n) is 13.9. The van der Waals surface area contributed by atoms with Crippen LogP contribution in [0.1, 0.15) is 13.8 Å². The fourth-order valence-electron chi connectivity index (χ4n) is 1.85. The van der Waals surface area contributed by atoms with Gasteiger partial charge in [-0.1, -0.05) is 18.2 Å². The smallest absolute Gasteiger partial charge is 0.279 e. The summed E-state index contributed by atoms with van der Waals surface area (Å²) in [6.45, 7) is 3.07. The average Bonchev–Trinajstić information content (AvgIpc) is 2.62. The van der Waals surface area contributed by atoms with Crippen LogP contribution in [0.3, 0.4) is 0 Å². The Labute approximate surface area is 144 Å². The lowest BCUT2D eigenvalue weighted by molar-refractivity contribution is -0.135. The van der Waals surface area contributed by atoms with Gasteiger partial charge in [-0.15, -0.1) is 0 Å². The van der Waals surface area contributed by atoms with E-state index in [9.17, 15) is 14.0 Å². The van der Waals surface area contributed by atoms with E-state index in [0.717, 1.165) is 0 Å². The van der Waals surface area contributed by atoms with Gasteiger partial charge >= 0.3 is 0 Å². The van der Waals surface area contributed by atoms with E-state index in [1.54, 1.807) is 31.2 Å². The Balaban J connectivity index is 1.78. The molecule has 2 unspecified atom stereocenters. The number of rotatable bonds is 6. The summed E-state index contributed by atoms with van der Waals surface area (Å²) in [5.74, 6) is -0.569. The molecule has 2 atom stereocenters. The molecule has 0 heterocycles. The first-order chi connectivity index (χ1) is 12.0. The van der Waals surface area contributed by atoms with Crippen molar-refractivity contribution in [3.8, 4) is 11.5 Å². The highest BCUT2D eigenvalue weighted by Crippen LogP contribution is 2.13. The van der Waals surface area contributed by atoms with Crippen molar-refractivity contribution in [2.24, 2.45) is 0 Å². The van der Waals surface area contributed by atoms with E-state index in [1.807, 2.05) is 6.07 Å². The predicted molar refractivity (Wildman–Crippen MR) is 89.3 cm³/mol. The third-order valence-corrected chi connectivity index (χ3v) is 3.23. The number of hydrazine groups is 1. The van der Waals surface area contributed by atoms with Crippen molar-refractivity contribution >= 4 is 11.8 Å². The van der Waals surface area contributed by atoms with E-state index < -0.39 is 29.8 Å². The normalized spacial score (nSPS) is 12.6. The summed E-state index contributed by atoms with van der Waals surface area (Å²) in [4.78, 5) is 23.9. The molecule has 0 aliphatic carbocycles. The molecular weight excluding hydrogens is 327 g/mol. The fraction of sp³-hybridized carbons (Fsp3) is 0.222. The van der Waals surface area contributed by atoms with Crippen LogP contribution < -0.4 is 20.3 Å². The standard InChI is InChI=1S/C18H19FN2O4/c1-12(24-15-6-4-3-5-7-15)17(22)20-21-18(23)13(2)25-16-10-8-14(19)9-11-16/h3-13H,1-2H3,(H,20,22)(H,21,23). The molecule has 0 fully saturated rings. The summed E-state index contributed by atoms with van der Waals surface area (Å²) in [6.07, 6.45) is -1.67. The monoisotopic (exact) mass is 346 g/mol. The summed E-state index contributed by atoms with van der Waals surface area (Å²) in [5, 5.41) is 0. The Morgan fingerprint density at radius 3 is 1.72 bits per heavy atom. The molecule has 0 aromatic heterocycles. The number of halogens is 1. The highest BCUT2D eigenvalue weighted by molar-refractivity contribution is 5.86. The maximum atomic E-state index is 12.8. The summed E-state index contributed by atoms with van der Waals surface area (Å²) in [7, 11) is 0. The van der Waals surface area contributed by atoms with Gasteiger partial charge in [-0.25, -0.2) is 4.39 Å². The molecule has 0 spiro atoms. The first-order valence-electron chi connectivity index (χ1n) is 7.69. The van der Waals surface area contributed by atoms with Gasteiger partial charge in [-0.05, 0) is 50.2 Å². The SMILES string of the molecule is CC(Oc1ccccc1)C(=O)NNC(=O)C(C)Oc1ccc(F)cc1. The van der Waals surface area contributed by atoms with Gasteiger partial charge in [0.15, 0.2) is 12.2 Å². The van der Waals surface area contributed by atoms with Gasteiger partial charge < -0.3 is 9.47 Å². The van der Waals surface area contributed by atoms with Crippen LogP contribution in [0.2, 0.25) is 0 Å². The third kappa shape index (κ3) is 5.80. The molecule has 25 heavy (non-hydrogen) atoms. The summed E-state index contributed by atoms with van der Waals surface area (Å²) in [6, 6.07) is 14.1. The lowest BCUT2D eigenvalue weighted by atomic mass is 10.3. The largest absolute Gasteiger partial charge is 0.481 e. The van der Waals surface area contributed by atoms with E-state index in [2.05, 4.69) is 10.9 Å². The van der Waals surface area contributed by atoms with E-state index in [-0.39, 0.29) is 0 Å². The second-order valence-electron chi connectivity index (χ2n) is 5.27. The third-order valence-electron chi connectivity index (χ3n) is 3.23. The molecule has 2 aromatic carbocycles. The molecule has 0 saturated heterocycles. The molecule has 6 nitrogen and oxygen atoms in total. The van der Waals surface area contributed by atoms with Gasteiger partial charge in [0.05, 0.1) is 0 Å². The molecule has 0 aliphatic rings. The molecule has 0 saturated carbocycles. The van der Waals surface area contributed by atoms with Crippen LogP contribution in [-0.2, 0) is 9.59 Å². The summed E-state index contributed by atoms with van der Waals surface area (Å²) in [5.41, 5.74) is 4.54. The number of hydrogen-bond donors (Lipinski definition) is 2. The van der Waals surface area contributed by atoms with Crippen LogP contribution in [0.25, 0.3) is 0 Å². The van der Waals surface area contributed by atoms with Crippen LogP contribution >= 0.6 is 0 Å². The van der Waals surface area contributed by atoms with Crippen LogP contribution in [0.5, 0.6) is 11.5 Å². The van der Waals surface area contributed by atoms with Crippen molar-refractivity contribution < 1.29 is 23.5 Å². The number of ether oxygens (including phenoxy) is 2. The second-order valence-corrected chi connectivity index (χ2v) is 5.27. The number of carbonyl (C=O) groups is 2. The minimum absolute atomic E-state index is 0.344. The molecule has 2 N–H and O–H groups in total. The first kappa shape index (κ1) is 18.3. The van der Waals surface area contributed by atoms with Crippen molar-refractivity contribution in [1.82, 2.24) is 10.9 Å². The van der Waals surface area contributed by atoms with Gasteiger partial charge in [0.25, 0.3) is 11.8 Å². The number of benzene rings is 2. The van der Waals surface area contributed by atoms with E-state index in [0.29, 0.717) is 11.5 Å². The Morgan fingerprint density at radius 2 is 1.24 bits per heavy atom. The molecule has 132 valence electrons. The molecule has 0 bridgehead atoms. The Kier molecular flexibility index (Phi) is 6.33. The van der Waals surface area contributed by atoms with Gasteiger partial charge in [0, 0.05) is 0 Å². The Morgan fingerprint density at radius 1 is 0.800 bits per heavy atom. The topological polar surface area (TPSA) is 76.7 Å². The quantitative estimate of drug-likeness (QED) is 0.786. The zero-order chi connectivity index (χ0) is 18.2. The minimum Gasteiger partial charge on any atom is -0.481 e. The Bertz CT molecular complexity index is 707. The number of hydrogen-bond acceptors (Lipinski definition) is 4. The van der Waals surface area contributed by atoms with Crippen LogP contribution in [0.4, 0.5) is 4.39 Å². The van der Waals surface area contributed by atoms with E-state index in [4.69, 9.17) is 9.47 Å². The van der Waals surface area contributed by atoms with Gasteiger partial charge in [-0.2, -0.15) is 0 Å². The van der Waals surface area contributed by atoms with Gasteiger partial charge in [0.2, 0.25) is 0 Å². The Hall–Kier alpha value is -3.09. The molecule has 0 radical (unpaired) electrons. The molecule has 2 rings (SSSR count). The average molecular weight is 346 g/mol. The van der Waals surface area contributed by atoms with E-state index >= 15 is 0 Å². The van der Waals surface area contributed by atoms with Gasteiger partial charge in [0.1, 0.15) is 17.3 Å². The number of amides is 2. The van der Waals surface area contributed by atoms with Crippen LogP contribution in [-0.4, -0.2) is 24.0 Å². The van der Waals surface area contributed by atoms with Crippen molar-refractivity contribution in [2.45, 2.75) is 26.1 Å². The fourth-order valence-corrected chi connectivity index (χ4v) is 1.85. The van der Waals surface area contributed by atoms with Crippen molar-refractivity contribution in [3.05, 3.63) is 60.4 Å². The summed E-state index contributed by atoms with van der Waals surface area (Å²) < 4.78 is 23.6. The molecular formula is C18H19FN2O4. The summed E-state index contributed by atoms with van der Waals surface area (Å²) >= 11 is 0.